The van der Waals surface area contributed by atoms with E-state index in [9.17, 15) is 32.3 Å². The Kier molecular flexibility index (Phi) is 11.8. The summed E-state index contributed by atoms with van der Waals surface area (Å²) >= 11 is 6.03. The highest BCUT2D eigenvalue weighted by Crippen LogP contribution is 2.48. The molecule has 0 unspecified atom stereocenters. The van der Waals surface area contributed by atoms with E-state index in [2.05, 4.69) is 57.1 Å². The second-order valence-electron chi connectivity index (χ2n) is 12.5. The molecular formula is C35H32ClF3N12O6. The maximum atomic E-state index is 13.1. The van der Waals surface area contributed by atoms with Crippen LogP contribution in [-0.2, 0) is 24.7 Å². The topological polar surface area (TPSA) is 229 Å². The molecule has 0 radical (unpaired) electrons. The average Bonchev–Trinajstić information content (AvgIpc) is 3.84. The van der Waals surface area contributed by atoms with Gasteiger partial charge in [0.25, 0.3) is 5.91 Å². The molecule has 0 spiro atoms. The molecule has 0 saturated heterocycles. The summed E-state index contributed by atoms with van der Waals surface area (Å²) in [5.74, 6) is -3.42. The van der Waals surface area contributed by atoms with Gasteiger partial charge in [-0.1, -0.05) is 23.7 Å². The summed E-state index contributed by atoms with van der Waals surface area (Å²) in [6.07, 6.45) is -3.25. The Balaban J connectivity index is 1.07. The molecule has 0 aliphatic heterocycles. The van der Waals surface area contributed by atoms with Crippen LogP contribution in [0, 0.1) is 6.92 Å². The number of rotatable bonds is 14. The van der Waals surface area contributed by atoms with Gasteiger partial charge in [0.15, 0.2) is 12.4 Å². The summed E-state index contributed by atoms with van der Waals surface area (Å²) in [5.41, 5.74) is 1.63. The summed E-state index contributed by atoms with van der Waals surface area (Å²) in [6, 6.07) is 17.1. The normalized spacial score (nSPS) is 13.4. The van der Waals surface area contributed by atoms with Crippen molar-refractivity contribution in [2.24, 2.45) is 0 Å². The number of halogens is 4. The van der Waals surface area contributed by atoms with E-state index in [1.54, 1.807) is 31.2 Å². The first-order chi connectivity index (χ1) is 27.2. The number of nitrogens with zero attached hydrogens (tertiary/aromatic N) is 7. The van der Waals surface area contributed by atoms with E-state index in [4.69, 9.17) is 21.1 Å². The number of nitrogens with one attached hydrogen (secondary N) is 5. The van der Waals surface area contributed by atoms with Crippen molar-refractivity contribution in [3.8, 4) is 11.7 Å². The first kappa shape index (κ1) is 39.8. The van der Waals surface area contributed by atoms with Gasteiger partial charge in [-0.2, -0.15) is 32.8 Å². The van der Waals surface area contributed by atoms with Crippen molar-refractivity contribution in [1.29, 1.82) is 0 Å². The number of carbonyl (C=O) groups is 4. The third kappa shape index (κ3) is 10.4. The molecule has 1 fully saturated rings. The monoisotopic (exact) mass is 808 g/mol. The smallest absolute Gasteiger partial charge is 0.422 e. The lowest BCUT2D eigenvalue weighted by atomic mass is 10.1. The van der Waals surface area contributed by atoms with Gasteiger partial charge in [-0.3, -0.25) is 14.4 Å². The number of carbonyl (C=O) groups excluding carboxylic acids is 4. The quantitative estimate of drug-likeness (QED) is 0.0798. The zero-order valence-electron chi connectivity index (χ0n) is 29.9. The van der Waals surface area contributed by atoms with Gasteiger partial charge in [0.05, 0.1) is 18.3 Å². The van der Waals surface area contributed by atoms with Crippen LogP contribution in [0.15, 0.2) is 72.8 Å². The van der Waals surface area contributed by atoms with E-state index in [1.165, 1.54) is 41.1 Å². The summed E-state index contributed by atoms with van der Waals surface area (Å²) in [7, 11) is 1.08. The van der Waals surface area contributed by atoms with Crippen LogP contribution in [-0.4, -0.2) is 91.3 Å². The number of esters is 1. The third-order valence-corrected chi connectivity index (χ3v) is 8.59. The van der Waals surface area contributed by atoms with Crippen molar-refractivity contribution in [2.75, 3.05) is 36.2 Å². The van der Waals surface area contributed by atoms with Crippen molar-refractivity contribution < 1.29 is 41.8 Å². The Labute approximate surface area is 325 Å². The molecule has 18 nitrogen and oxygen atoms in total. The molecule has 1 aliphatic carbocycles. The molecule has 1 saturated carbocycles. The Bertz CT molecular complexity index is 2250. The average molecular weight is 809 g/mol. The minimum atomic E-state index is -4.65. The van der Waals surface area contributed by atoms with E-state index < -0.39 is 60.6 Å². The maximum absolute atomic E-state index is 13.1. The summed E-state index contributed by atoms with van der Waals surface area (Å²) < 4.78 is 50.0. The molecule has 1 aliphatic rings. The number of ether oxygens (including phenoxy) is 2. The molecule has 1 atom stereocenters. The molecule has 2 heterocycles. The summed E-state index contributed by atoms with van der Waals surface area (Å²) in [5, 5.41) is 25.0. The summed E-state index contributed by atoms with van der Waals surface area (Å²) in [4.78, 5) is 63.0. The van der Waals surface area contributed by atoms with Crippen LogP contribution in [0.3, 0.4) is 0 Å². The van der Waals surface area contributed by atoms with Gasteiger partial charge in [0.1, 0.15) is 6.04 Å². The lowest BCUT2D eigenvalue weighted by Gasteiger charge is -2.19. The number of benzene rings is 3. The van der Waals surface area contributed by atoms with Gasteiger partial charge in [-0.25, -0.2) is 4.79 Å². The number of hydrogen-bond acceptors (Lipinski definition) is 14. The second-order valence-corrected chi connectivity index (χ2v) is 12.9. The number of alkyl halides is 3. The Morgan fingerprint density at radius 3 is 2.18 bits per heavy atom. The molecule has 5 aromatic rings. The number of anilines is 4. The molecule has 3 aromatic carbocycles. The highest BCUT2D eigenvalue weighted by molar-refractivity contribution is 6.39. The maximum Gasteiger partial charge on any atom is 0.422 e. The van der Waals surface area contributed by atoms with Gasteiger partial charge in [0, 0.05) is 28.5 Å². The number of aromatic nitrogens is 7. The Morgan fingerprint density at radius 2 is 1.56 bits per heavy atom. The molecular weight excluding hydrogens is 777 g/mol. The zero-order chi connectivity index (χ0) is 40.7. The predicted molar refractivity (Wildman–Crippen MR) is 196 cm³/mol. The van der Waals surface area contributed by atoms with Crippen molar-refractivity contribution in [1.82, 2.24) is 45.8 Å². The number of aryl methyl sites for hydroxylation is 1. The highest BCUT2D eigenvalue weighted by atomic mass is 35.5. The van der Waals surface area contributed by atoms with E-state index in [0.29, 0.717) is 40.8 Å². The van der Waals surface area contributed by atoms with E-state index >= 15 is 0 Å². The van der Waals surface area contributed by atoms with Gasteiger partial charge in [0.2, 0.25) is 11.9 Å². The molecule has 5 N–H and O–H groups in total. The van der Waals surface area contributed by atoms with Crippen LogP contribution in [0.2, 0.25) is 5.02 Å². The van der Waals surface area contributed by atoms with Crippen LogP contribution in [0.4, 0.5) is 36.4 Å². The van der Waals surface area contributed by atoms with E-state index in [0.717, 1.165) is 12.7 Å². The lowest BCUT2D eigenvalue weighted by molar-refractivity contribution is -0.154. The third-order valence-electron chi connectivity index (χ3n) is 8.34. The molecule has 2 aromatic heterocycles. The van der Waals surface area contributed by atoms with E-state index in [1.807, 2.05) is 12.1 Å². The van der Waals surface area contributed by atoms with Crippen molar-refractivity contribution in [2.45, 2.75) is 37.5 Å². The Morgan fingerprint density at radius 1 is 0.895 bits per heavy atom. The Hall–Kier alpha value is -6.90. The number of tetrazole rings is 1. The van der Waals surface area contributed by atoms with E-state index in [-0.39, 0.29) is 17.5 Å². The van der Waals surface area contributed by atoms with Crippen LogP contribution >= 0.6 is 11.6 Å². The standard InChI is InChI=1S/C35H32ClF3N12O6/c1-19-48-49-50-51(19)25-13-11-23(12-14-25)41-29(54)28(53)40-17-26(30(55)56-2)43-27(52)20-3-9-24(10-4-20)42-31-44-32(46-33(45-31)57-18-35(37,38)39)47-34(15-16-34)21-5-7-22(36)8-6-21/h3-14,26H,15-18H2,1-2H3,(H,40,53)(H,41,54)(H,43,52)(H2,42,44,45,46,47)/t26-/m0/s1. The fourth-order valence-electron chi connectivity index (χ4n) is 5.30. The largest absolute Gasteiger partial charge is 0.467 e. The van der Waals surface area contributed by atoms with Gasteiger partial charge in [-0.15, -0.1) is 5.10 Å². The second kappa shape index (κ2) is 16.9. The number of amides is 3. The fourth-order valence-corrected chi connectivity index (χ4v) is 5.43. The van der Waals surface area contributed by atoms with Gasteiger partial charge < -0.3 is 36.1 Å². The van der Waals surface area contributed by atoms with Crippen molar-refractivity contribution in [3.05, 3.63) is 94.8 Å². The molecule has 6 rings (SSSR count). The summed E-state index contributed by atoms with van der Waals surface area (Å²) in [6.45, 7) is -0.414. The highest BCUT2D eigenvalue weighted by Gasteiger charge is 2.45. The SMILES string of the molecule is COC(=O)[C@H](CNC(=O)C(=O)Nc1ccc(-n2nnnc2C)cc1)NC(=O)c1ccc(Nc2nc(NC3(c4ccc(Cl)cc4)CC3)nc(OCC(F)(F)F)n2)cc1. The lowest BCUT2D eigenvalue weighted by Crippen LogP contribution is -2.50. The molecule has 0 bridgehead atoms. The first-order valence-electron chi connectivity index (χ1n) is 16.9. The van der Waals surface area contributed by atoms with Crippen LogP contribution in [0.25, 0.3) is 5.69 Å². The number of hydrogen-bond donors (Lipinski definition) is 5. The van der Waals surface area contributed by atoms with Gasteiger partial charge in [-0.05, 0) is 96.4 Å². The zero-order valence-corrected chi connectivity index (χ0v) is 30.7. The van der Waals surface area contributed by atoms with Crippen LogP contribution in [0.1, 0.15) is 34.6 Å². The van der Waals surface area contributed by atoms with Crippen molar-refractivity contribution >= 4 is 58.6 Å². The number of methoxy groups -OCH3 is 1. The fraction of sp³-hybridized carbons (Fsp3) is 0.257. The molecule has 57 heavy (non-hydrogen) atoms. The van der Waals surface area contributed by atoms with Crippen LogP contribution in [0.5, 0.6) is 6.01 Å². The first-order valence-corrected chi connectivity index (χ1v) is 17.3. The van der Waals surface area contributed by atoms with Gasteiger partial charge >= 0.3 is 30.0 Å². The van der Waals surface area contributed by atoms with Crippen LogP contribution < -0.4 is 31.3 Å². The molecule has 3 amide bonds. The van der Waals surface area contributed by atoms with Crippen molar-refractivity contribution in [3.63, 3.8) is 0 Å². The predicted octanol–water partition coefficient (Wildman–Crippen LogP) is 3.62. The minimum absolute atomic E-state index is 0.0439. The minimum Gasteiger partial charge on any atom is -0.467 e. The molecule has 22 heteroatoms. The molecule has 296 valence electrons.